The summed E-state index contributed by atoms with van der Waals surface area (Å²) in [5, 5.41) is 10.3. The van der Waals surface area contributed by atoms with Gasteiger partial charge in [0.05, 0.1) is 5.57 Å². The summed E-state index contributed by atoms with van der Waals surface area (Å²) in [7, 11) is 0. The SMILES string of the molecule is O=[N+]([O-])CC(=C(Cl)Cl)c1ccccc1. The number of nitro groups is 1. The van der Waals surface area contributed by atoms with Gasteiger partial charge in [-0.25, -0.2) is 0 Å². The highest BCUT2D eigenvalue weighted by atomic mass is 35.5. The Hall–Kier alpha value is -1.06. The molecule has 0 saturated heterocycles. The van der Waals surface area contributed by atoms with Crippen molar-refractivity contribution in [3.63, 3.8) is 0 Å². The molecule has 0 bridgehead atoms. The van der Waals surface area contributed by atoms with Gasteiger partial charge in [-0.05, 0) is 5.56 Å². The molecule has 5 heteroatoms. The third-order valence-electron chi connectivity index (χ3n) is 1.64. The van der Waals surface area contributed by atoms with Crippen molar-refractivity contribution in [2.24, 2.45) is 0 Å². The van der Waals surface area contributed by atoms with E-state index in [0.717, 1.165) is 0 Å². The molecule has 0 atom stereocenters. The Kier molecular flexibility index (Phi) is 3.92. The van der Waals surface area contributed by atoms with Gasteiger partial charge in [0.2, 0.25) is 6.54 Å². The van der Waals surface area contributed by atoms with Crippen LogP contribution in [0.3, 0.4) is 0 Å². The summed E-state index contributed by atoms with van der Waals surface area (Å²) < 4.78 is -0.0621. The van der Waals surface area contributed by atoms with Crippen molar-refractivity contribution in [1.29, 1.82) is 0 Å². The van der Waals surface area contributed by atoms with Gasteiger partial charge in [0.25, 0.3) is 0 Å². The van der Waals surface area contributed by atoms with Crippen molar-refractivity contribution >= 4 is 28.8 Å². The molecule has 0 spiro atoms. The fraction of sp³-hybridized carbons (Fsp3) is 0.111. The van der Waals surface area contributed by atoms with Crippen LogP contribution in [0, 0.1) is 10.1 Å². The predicted molar refractivity (Wildman–Crippen MR) is 56.9 cm³/mol. The number of hydrogen-bond donors (Lipinski definition) is 0. The van der Waals surface area contributed by atoms with E-state index in [1.165, 1.54) is 0 Å². The second-order valence-corrected chi connectivity index (χ2v) is 3.55. The summed E-state index contributed by atoms with van der Waals surface area (Å²) >= 11 is 11.1. The van der Waals surface area contributed by atoms with Crippen molar-refractivity contribution in [1.82, 2.24) is 0 Å². The van der Waals surface area contributed by atoms with Crippen LogP contribution in [0.15, 0.2) is 34.8 Å². The van der Waals surface area contributed by atoms with E-state index in [-0.39, 0.29) is 11.0 Å². The van der Waals surface area contributed by atoms with E-state index in [9.17, 15) is 10.1 Å². The van der Waals surface area contributed by atoms with Crippen LogP contribution in [-0.4, -0.2) is 11.5 Å². The molecular formula is C9H7Cl2NO2. The molecule has 3 nitrogen and oxygen atoms in total. The number of nitrogens with zero attached hydrogens (tertiary/aromatic N) is 1. The van der Waals surface area contributed by atoms with Crippen molar-refractivity contribution in [2.75, 3.05) is 6.54 Å². The van der Waals surface area contributed by atoms with Gasteiger partial charge in [-0.2, -0.15) is 0 Å². The van der Waals surface area contributed by atoms with Crippen LogP contribution in [0.1, 0.15) is 5.56 Å². The molecule has 0 N–H and O–H groups in total. The summed E-state index contributed by atoms with van der Waals surface area (Å²) in [4.78, 5) is 9.88. The van der Waals surface area contributed by atoms with Crippen LogP contribution in [0.4, 0.5) is 0 Å². The highest BCUT2D eigenvalue weighted by Gasteiger charge is 2.11. The van der Waals surface area contributed by atoms with Gasteiger partial charge >= 0.3 is 0 Å². The first-order valence-corrected chi connectivity index (χ1v) is 4.58. The molecule has 0 aliphatic rings. The molecule has 0 radical (unpaired) electrons. The minimum atomic E-state index is -0.465. The maximum absolute atomic E-state index is 10.3. The number of halogens is 2. The van der Waals surface area contributed by atoms with Gasteiger partial charge in [-0.1, -0.05) is 53.5 Å². The summed E-state index contributed by atoms with van der Waals surface area (Å²) in [5.74, 6) is 0. The largest absolute Gasteiger partial charge is 0.264 e. The molecule has 0 amide bonds. The lowest BCUT2D eigenvalue weighted by molar-refractivity contribution is -0.465. The van der Waals surface area contributed by atoms with Gasteiger partial charge in [0.15, 0.2) is 0 Å². The van der Waals surface area contributed by atoms with Gasteiger partial charge in [-0.3, -0.25) is 10.1 Å². The van der Waals surface area contributed by atoms with Crippen LogP contribution in [0.25, 0.3) is 5.57 Å². The zero-order valence-corrected chi connectivity index (χ0v) is 8.63. The Bertz CT molecular complexity index is 358. The number of rotatable bonds is 3. The molecule has 1 aromatic rings. The predicted octanol–water partition coefficient (Wildman–Crippen LogP) is 3.11. The summed E-state index contributed by atoms with van der Waals surface area (Å²) in [6, 6.07) is 8.81. The second kappa shape index (κ2) is 4.98. The fourth-order valence-corrected chi connectivity index (χ4v) is 1.37. The number of benzene rings is 1. The molecule has 0 heterocycles. The first kappa shape index (κ1) is 11.0. The maximum Gasteiger partial charge on any atom is 0.231 e. The zero-order chi connectivity index (χ0) is 10.6. The summed E-state index contributed by atoms with van der Waals surface area (Å²) in [6.07, 6.45) is 0. The quantitative estimate of drug-likeness (QED) is 0.593. The first-order valence-electron chi connectivity index (χ1n) is 3.82. The topological polar surface area (TPSA) is 43.1 Å². The van der Waals surface area contributed by atoms with E-state index in [4.69, 9.17) is 23.2 Å². The third kappa shape index (κ3) is 3.01. The standard InChI is InChI=1S/C9H7Cl2NO2/c10-9(11)8(6-12(13)14)7-4-2-1-3-5-7/h1-5H,6H2. The minimum absolute atomic E-state index is 0.0621. The van der Waals surface area contributed by atoms with Gasteiger partial charge in [0, 0.05) is 4.92 Å². The Morgan fingerprint density at radius 3 is 2.29 bits per heavy atom. The molecule has 14 heavy (non-hydrogen) atoms. The molecular weight excluding hydrogens is 225 g/mol. The lowest BCUT2D eigenvalue weighted by atomic mass is 10.1. The Morgan fingerprint density at radius 2 is 1.86 bits per heavy atom. The highest BCUT2D eigenvalue weighted by molar-refractivity contribution is 6.58. The van der Waals surface area contributed by atoms with Crippen molar-refractivity contribution in [3.8, 4) is 0 Å². The Morgan fingerprint density at radius 1 is 1.29 bits per heavy atom. The van der Waals surface area contributed by atoms with E-state index in [0.29, 0.717) is 11.1 Å². The van der Waals surface area contributed by atoms with Crippen LogP contribution >= 0.6 is 23.2 Å². The van der Waals surface area contributed by atoms with Gasteiger partial charge < -0.3 is 0 Å². The van der Waals surface area contributed by atoms with Crippen molar-refractivity contribution in [3.05, 3.63) is 50.5 Å². The molecule has 0 aliphatic heterocycles. The smallest absolute Gasteiger partial charge is 0.231 e. The van der Waals surface area contributed by atoms with E-state index in [1.807, 2.05) is 6.07 Å². The fourth-order valence-electron chi connectivity index (χ4n) is 1.03. The van der Waals surface area contributed by atoms with E-state index >= 15 is 0 Å². The first-order chi connectivity index (χ1) is 6.61. The molecule has 0 aromatic heterocycles. The van der Waals surface area contributed by atoms with Gasteiger partial charge in [0.1, 0.15) is 4.49 Å². The number of hydrogen-bond acceptors (Lipinski definition) is 2. The van der Waals surface area contributed by atoms with E-state index < -0.39 is 4.92 Å². The monoisotopic (exact) mass is 231 g/mol. The summed E-state index contributed by atoms with van der Waals surface area (Å²) in [5.41, 5.74) is 1.00. The van der Waals surface area contributed by atoms with E-state index in [2.05, 4.69) is 0 Å². The van der Waals surface area contributed by atoms with Crippen molar-refractivity contribution in [2.45, 2.75) is 0 Å². The Balaban J connectivity index is 3.03. The normalized spacial score (nSPS) is 9.57. The Labute approximate surface area is 91.1 Å². The van der Waals surface area contributed by atoms with Crippen molar-refractivity contribution < 1.29 is 4.92 Å². The molecule has 1 rings (SSSR count). The molecule has 0 fully saturated rings. The molecule has 0 aliphatic carbocycles. The third-order valence-corrected chi connectivity index (χ3v) is 2.09. The lowest BCUT2D eigenvalue weighted by Crippen LogP contribution is -2.03. The summed E-state index contributed by atoms with van der Waals surface area (Å²) in [6.45, 7) is -0.369. The maximum atomic E-state index is 10.3. The average Bonchev–Trinajstić information content (AvgIpc) is 2.15. The van der Waals surface area contributed by atoms with E-state index in [1.54, 1.807) is 24.3 Å². The van der Waals surface area contributed by atoms with Crippen LogP contribution < -0.4 is 0 Å². The average molecular weight is 232 g/mol. The van der Waals surface area contributed by atoms with Crippen LogP contribution in [-0.2, 0) is 0 Å². The van der Waals surface area contributed by atoms with Crippen LogP contribution in [0.2, 0.25) is 0 Å². The van der Waals surface area contributed by atoms with Gasteiger partial charge in [-0.15, -0.1) is 0 Å². The van der Waals surface area contributed by atoms with Crippen LogP contribution in [0.5, 0.6) is 0 Å². The molecule has 0 saturated carbocycles. The second-order valence-electron chi connectivity index (χ2n) is 2.60. The molecule has 1 aromatic carbocycles. The molecule has 74 valence electrons. The minimum Gasteiger partial charge on any atom is -0.264 e. The molecule has 0 unspecified atom stereocenters. The highest BCUT2D eigenvalue weighted by Crippen LogP contribution is 2.24. The lowest BCUT2D eigenvalue weighted by Gasteiger charge is -2.02. The zero-order valence-electron chi connectivity index (χ0n) is 7.11.